The van der Waals surface area contributed by atoms with Gasteiger partial charge in [-0.15, -0.1) is 0 Å². The topological polar surface area (TPSA) is 94.9 Å². The molecule has 3 heterocycles. The van der Waals surface area contributed by atoms with Crippen LogP contribution < -0.4 is 10.2 Å². The van der Waals surface area contributed by atoms with Crippen LogP contribution >= 0.6 is 11.6 Å². The second-order valence-corrected chi connectivity index (χ2v) is 9.31. The van der Waals surface area contributed by atoms with Crippen LogP contribution in [0.4, 0.5) is 17.2 Å². The van der Waals surface area contributed by atoms with E-state index in [0.717, 1.165) is 75.8 Å². The highest BCUT2D eigenvalue weighted by Crippen LogP contribution is 2.21. The van der Waals surface area contributed by atoms with Crippen molar-refractivity contribution < 1.29 is 9.72 Å². The van der Waals surface area contributed by atoms with Gasteiger partial charge in [0.25, 0.3) is 0 Å². The van der Waals surface area contributed by atoms with E-state index in [9.17, 15) is 14.9 Å². The van der Waals surface area contributed by atoms with E-state index in [-0.39, 0.29) is 17.8 Å². The highest BCUT2D eigenvalue weighted by Gasteiger charge is 2.23. The lowest BCUT2D eigenvalue weighted by atomic mass is 10.0. The first-order valence-corrected chi connectivity index (χ1v) is 12.2. The molecule has 1 aromatic heterocycles. The van der Waals surface area contributed by atoms with Gasteiger partial charge >= 0.3 is 5.82 Å². The van der Waals surface area contributed by atoms with Gasteiger partial charge in [0.05, 0.1) is 5.69 Å². The molecular formula is C24H31ClN6O3. The molecule has 0 radical (unpaired) electrons. The molecule has 2 saturated heterocycles. The van der Waals surface area contributed by atoms with E-state index in [2.05, 4.69) is 32.2 Å². The summed E-state index contributed by atoms with van der Waals surface area (Å²) in [6.45, 7) is 6.40. The number of carbonyl (C=O) groups is 1. The molecule has 9 nitrogen and oxygen atoms in total. The Hall–Kier alpha value is -2.91. The molecule has 182 valence electrons. The normalized spacial score (nSPS) is 17.6. The molecule has 10 heteroatoms. The number of likely N-dealkylation sites (tertiary alicyclic amines) is 1. The van der Waals surface area contributed by atoms with Crippen LogP contribution in [0.25, 0.3) is 0 Å². The molecule has 0 spiro atoms. The van der Waals surface area contributed by atoms with Crippen molar-refractivity contribution in [1.82, 2.24) is 14.8 Å². The number of hydrogen-bond acceptors (Lipinski definition) is 7. The number of halogens is 1. The SMILES string of the molecule is O=C(CCCN1CCN(c2ccc(Cl)cc2)CC1)N1CCC(Nc2ccc([N+](=O)[O-])nc2)CC1. The lowest BCUT2D eigenvalue weighted by molar-refractivity contribution is -0.389. The lowest BCUT2D eigenvalue weighted by Crippen LogP contribution is -2.47. The van der Waals surface area contributed by atoms with Gasteiger partial charge in [-0.1, -0.05) is 11.6 Å². The molecule has 1 N–H and O–H groups in total. The molecule has 4 rings (SSSR count). The lowest BCUT2D eigenvalue weighted by Gasteiger charge is -2.36. The Bertz CT molecular complexity index is 956. The first-order chi connectivity index (χ1) is 16.5. The van der Waals surface area contributed by atoms with Crippen LogP contribution in [0.3, 0.4) is 0 Å². The minimum atomic E-state index is -0.505. The van der Waals surface area contributed by atoms with Gasteiger partial charge in [-0.05, 0) is 66.0 Å². The van der Waals surface area contributed by atoms with Crippen molar-refractivity contribution in [3.05, 3.63) is 57.7 Å². The minimum absolute atomic E-state index is 0.158. The summed E-state index contributed by atoms with van der Waals surface area (Å²) in [5.74, 6) is 0.0738. The molecule has 1 aromatic carbocycles. The summed E-state index contributed by atoms with van der Waals surface area (Å²) < 4.78 is 0. The summed E-state index contributed by atoms with van der Waals surface area (Å²) in [5, 5.41) is 14.8. The molecule has 2 aliphatic rings. The third kappa shape index (κ3) is 6.57. The third-order valence-corrected chi connectivity index (χ3v) is 6.83. The molecule has 0 bridgehead atoms. The number of nitrogens with one attached hydrogen (secondary N) is 1. The molecule has 2 aromatic rings. The van der Waals surface area contributed by atoms with E-state index in [1.165, 1.54) is 18.0 Å². The van der Waals surface area contributed by atoms with Crippen molar-refractivity contribution in [2.45, 2.75) is 31.7 Å². The number of carbonyl (C=O) groups excluding carboxylic acids is 1. The Kier molecular flexibility index (Phi) is 8.18. The number of amides is 1. The molecule has 0 saturated carbocycles. The molecule has 1 amide bonds. The van der Waals surface area contributed by atoms with Gasteiger partial charge in [-0.2, -0.15) is 0 Å². The summed E-state index contributed by atoms with van der Waals surface area (Å²) in [6, 6.07) is 11.3. The fraction of sp³-hybridized carbons (Fsp3) is 0.500. The molecule has 0 atom stereocenters. The average Bonchev–Trinajstić information content (AvgIpc) is 2.86. The smallest absolute Gasteiger partial charge is 0.363 e. The minimum Gasteiger partial charge on any atom is -0.379 e. The van der Waals surface area contributed by atoms with Crippen LogP contribution in [0.5, 0.6) is 0 Å². The van der Waals surface area contributed by atoms with Gasteiger partial charge in [-0.3, -0.25) is 9.69 Å². The fourth-order valence-corrected chi connectivity index (χ4v) is 4.71. The number of nitro groups is 1. The van der Waals surface area contributed by atoms with Gasteiger partial charge in [0, 0.05) is 68.5 Å². The van der Waals surface area contributed by atoms with Crippen molar-refractivity contribution >= 4 is 34.7 Å². The first kappa shape index (κ1) is 24.2. The van der Waals surface area contributed by atoms with Crippen molar-refractivity contribution in [3.8, 4) is 0 Å². The van der Waals surface area contributed by atoms with E-state index in [0.29, 0.717) is 6.42 Å². The van der Waals surface area contributed by atoms with E-state index in [1.54, 1.807) is 6.07 Å². The second-order valence-electron chi connectivity index (χ2n) is 8.87. The van der Waals surface area contributed by atoms with E-state index in [1.807, 2.05) is 17.0 Å². The summed E-state index contributed by atoms with van der Waals surface area (Å²) in [6.07, 6.45) is 4.67. The molecular weight excluding hydrogens is 456 g/mol. The summed E-state index contributed by atoms with van der Waals surface area (Å²) in [7, 11) is 0. The number of piperidine rings is 1. The van der Waals surface area contributed by atoms with Crippen LogP contribution in [0.15, 0.2) is 42.6 Å². The highest BCUT2D eigenvalue weighted by atomic mass is 35.5. The quantitative estimate of drug-likeness (QED) is 0.449. The summed E-state index contributed by atoms with van der Waals surface area (Å²) in [5.41, 5.74) is 1.98. The van der Waals surface area contributed by atoms with Crippen LogP contribution in [-0.4, -0.2) is 77.5 Å². The zero-order valence-electron chi connectivity index (χ0n) is 19.2. The number of pyridine rings is 1. The number of aromatic nitrogens is 1. The largest absolute Gasteiger partial charge is 0.379 e. The first-order valence-electron chi connectivity index (χ1n) is 11.9. The predicted molar refractivity (Wildman–Crippen MR) is 133 cm³/mol. The number of rotatable bonds is 8. The maximum atomic E-state index is 12.7. The molecule has 2 aliphatic heterocycles. The van der Waals surface area contributed by atoms with Crippen molar-refractivity contribution in [2.24, 2.45) is 0 Å². The molecule has 34 heavy (non-hydrogen) atoms. The Morgan fingerprint density at radius 3 is 2.38 bits per heavy atom. The number of nitrogens with zero attached hydrogens (tertiary/aromatic N) is 5. The van der Waals surface area contributed by atoms with E-state index < -0.39 is 4.92 Å². The van der Waals surface area contributed by atoms with Crippen molar-refractivity contribution in [1.29, 1.82) is 0 Å². The van der Waals surface area contributed by atoms with Gasteiger partial charge in [-0.25, -0.2) is 0 Å². The Labute approximate surface area is 204 Å². The van der Waals surface area contributed by atoms with Crippen LogP contribution in [0.1, 0.15) is 25.7 Å². The van der Waals surface area contributed by atoms with Gasteiger partial charge in [0.2, 0.25) is 5.91 Å². The van der Waals surface area contributed by atoms with E-state index in [4.69, 9.17) is 11.6 Å². The number of anilines is 2. The predicted octanol–water partition coefficient (Wildman–Crippen LogP) is 3.65. The van der Waals surface area contributed by atoms with Crippen LogP contribution in [-0.2, 0) is 4.79 Å². The molecule has 0 aliphatic carbocycles. The monoisotopic (exact) mass is 486 g/mol. The maximum absolute atomic E-state index is 12.7. The Morgan fingerprint density at radius 2 is 1.76 bits per heavy atom. The Morgan fingerprint density at radius 1 is 1.06 bits per heavy atom. The summed E-state index contributed by atoms with van der Waals surface area (Å²) >= 11 is 5.98. The zero-order valence-corrected chi connectivity index (χ0v) is 20.0. The highest BCUT2D eigenvalue weighted by molar-refractivity contribution is 6.30. The second kappa shape index (κ2) is 11.5. The van der Waals surface area contributed by atoms with Crippen LogP contribution in [0.2, 0.25) is 5.02 Å². The van der Waals surface area contributed by atoms with Crippen molar-refractivity contribution in [2.75, 3.05) is 56.0 Å². The average molecular weight is 487 g/mol. The number of hydrogen-bond donors (Lipinski definition) is 1. The van der Waals surface area contributed by atoms with E-state index >= 15 is 0 Å². The number of piperazine rings is 1. The van der Waals surface area contributed by atoms with Gasteiger partial charge < -0.3 is 25.2 Å². The standard InChI is InChI=1S/C24H31ClN6O3/c25-19-3-6-22(7-4-19)29-16-14-28(15-17-29)11-1-2-24(32)30-12-9-20(10-13-30)27-21-5-8-23(26-18-21)31(33)34/h3-8,18,20,27H,1-2,9-17H2. The molecule has 0 unspecified atom stereocenters. The maximum Gasteiger partial charge on any atom is 0.363 e. The fourth-order valence-electron chi connectivity index (χ4n) is 4.58. The van der Waals surface area contributed by atoms with Crippen LogP contribution in [0, 0.1) is 10.1 Å². The van der Waals surface area contributed by atoms with Gasteiger partial charge in [0.1, 0.15) is 0 Å². The van der Waals surface area contributed by atoms with Crippen molar-refractivity contribution in [3.63, 3.8) is 0 Å². The number of benzene rings is 1. The molecule has 2 fully saturated rings. The van der Waals surface area contributed by atoms with Gasteiger partial charge in [0.15, 0.2) is 6.20 Å². The summed E-state index contributed by atoms with van der Waals surface area (Å²) in [4.78, 5) is 33.5. The zero-order chi connectivity index (χ0) is 23.9. The third-order valence-electron chi connectivity index (χ3n) is 6.58. The Balaban J connectivity index is 1.11.